The summed E-state index contributed by atoms with van der Waals surface area (Å²) >= 11 is 7.51. The first-order chi connectivity index (χ1) is 19.0. The predicted molar refractivity (Wildman–Crippen MR) is 156 cm³/mol. The number of fused-ring (bicyclic) bond motifs is 1. The van der Waals surface area contributed by atoms with Crippen LogP contribution in [0.1, 0.15) is 58.7 Å². The van der Waals surface area contributed by atoms with Crippen molar-refractivity contribution in [2.75, 3.05) is 13.7 Å². The first kappa shape index (κ1) is 29.4. The van der Waals surface area contributed by atoms with Gasteiger partial charge in [-0.25, -0.2) is 9.79 Å². The second-order valence-corrected chi connectivity index (χ2v) is 11.2. The lowest BCUT2D eigenvalue weighted by atomic mass is 9.95. The lowest BCUT2D eigenvalue weighted by Gasteiger charge is -2.25. The molecule has 0 saturated heterocycles. The van der Waals surface area contributed by atoms with Crippen LogP contribution in [-0.2, 0) is 9.53 Å². The SMILES string of the molecule is CCOC(=O)C1=C(C)N=c2sc(=Cc3cc(Cl)ccc3OC(C)C)c(=O)n2C1c1ccc(OC(C)C)c(OC)c1. The lowest BCUT2D eigenvalue weighted by Crippen LogP contribution is -2.40. The molecular weight excluding hydrogens is 552 g/mol. The Hall–Kier alpha value is -3.56. The topological polar surface area (TPSA) is 88.4 Å². The number of hydrogen-bond donors (Lipinski definition) is 0. The predicted octanol–water partition coefficient (Wildman–Crippen LogP) is 5.03. The molecule has 0 N–H and O–H groups in total. The van der Waals surface area contributed by atoms with Gasteiger partial charge in [-0.05, 0) is 83.5 Å². The second kappa shape index (κ2) is 12.3. The summed E-state index contributed by atoms with van der Waals surface area (Å²) in [4.78, 5) is 32.3. The summed E-state index contributed by atoms with van der Waals surface area (Å²) in [5, 5.41) is 0.518. The summed E-state index contributed by atoms with van der Waals surface area (Å²) in [7, 11) is 1.55. The zero-order valence-corrected chi connectivity index (χ0v) is 25.2. The molecule has 10 heteroatoms. The van der Waals surface area contributed by atoms with Crippen molar-refractivity contribution < 1.29 is 23.7 Å². The summed E-state index contributed by atoms with van der Waals surface area (Å²) < 4.78 is 24.8. The van der Waals surface area contributed by atoms with Crippen molar-refractivity contribution in [2.24, 2.45) is 4.99 Å². The number of rotatable bonds is 9. The van der Waals surface area contributed by atoms with Crippen LogP contribution in [0.3, 0.4) is 0 Å². The van der Waals surface area contributed by atoms with E-state index in [2.05, 4.69) is 4.99 Å². The van der Waals surface area contributed by atoms with Crippen LogP contribution in [0.15, 0.2) is 57.5 Å². The molecule has 212 valence electrons. The summed E-state index contributed by atoms with van der Waals surface area (Å²) in [6.07, 6.45) is 1.61. The summed E-state index contributed by atoms with van der Waals surface area (Å²) in [5.41, 5.74) is 1.78. The number of nitrogens with zero attached hydrogens (tertiary/aromatic N) is 2. The average molecular weight is 585 g/mol. The van der Waals surface area contributed by atoms with Crippen molar-refractivity contribution in [3.63, 3.8) is 0 Å². The number of ether oxygens (including phenoxy) is 4. The molecule has 0 saturated carbocycles. The van der Waals surface area contributed by atoms with Crippen LogP contribution in [-0.4, -0.2) is 36.5 Å². The molecule has 1 aliphatic rings. The van der Waals surface area contributed by atoms with Gasteiger partial charge in [0.1, 0.15) is 5.75 Å². The molecule has 1 atom stereocenters. The van der Waals surface area contributed by atoms with E-state index in [1.165, 1.54) is 15.9 Å². The lowest BCUT2D eigenvalue weighted by molar-refractivity contribution is -0.139. The van der Waals surface area contributed by atoms with E-state index in [1.54, 1.807) is 57.4 Å². The number of thiazole rings is 1. The van der Waals surface area contributed by atoms with E-state index < -0.39 is 12.0 Å². The maximum Gasteiger partial charge on any atom is 0.338 e. The van der Waals surface area contributed by atoms with E-state index in [0.29, 0.717) is 48.4 Å². The number of methoxy groups -OCH3 is 1. The minimum Gasteiger partial charge on any atom is -0.493 e. The molecule has 0 fully saturated rings. The Labute approximate surface area is 242 Å². The molecule has 1 aromatic heterocycles. The first-order valence-electron chi connectivity index (χ1n) is 13.0. The number of esters is 1. The van der Waals surface area contributed by atoms with Crippen LogP contribution >= 0.6 is 22.9 Å². The maximum atomic E-state index is 14.0. The fourth-order valence-electron chi connectivity index (χ4n) is 4.45. The van der Waals surface area contributed by atoms with Crippen LogP contribution in [0.2, 0.25) is 5.02 Å². The van der Waals surface area contributed by atoms with Gasteiger partial charge in [0.25, 0.3) is 5.56 Å². The van der Waals surface area contributed by atoms with E-state index in [1.807, 2.05) is 33.8 Å². The molecule has 0 amide bonds. The van der Waals surface area contributed by atoms with E-state index in [0.717, 1.165) is 0 Å². The van der Waals surface area contributed by atoms with Crippen molar-refractivity contribution >= 4 is 35.0 Å². The number of halogens is 1. The van der Waals surface area contributed by atoms with Gasteiger partial charge in [0.05, 0.1) is 47.8 Å². The Kier molecular flexibility index (Phi) is 9.05. The van der Waals surface area contributed by atoms with Crippen LogP contribution < -0.4 is 29.1 Å². The van der Waals surface area contributed by atoms with E-state index >= 15 is 0 Å². The van der Waals surface area contributed by atoms with Gasteiger partial charge in [-0.1, -0.05) is 29.0 Å². The largest absolute Gasteiger partial charge is 0.493 e. The number of allylic oxidation sites excluding steroid dienone is 1. The fourth-order valence-corrected chi connectivity index (χ4v) is 5.67. The van der Waals surface area contributed by atoms with Crippen LogP contribution in [0.4, 0.5) is 0 Å². The Bertz CT molecular complexity index is 1640. The quantitative estimate of drug-likeness (QED) is 0.328. The average Bonchev–Trinajstić information content (AvgIpc) is 3.18. The zero-order chi connectivity index (χ0) is 29.1. The highest BCUT2D eigenvalue weighted by Crippen LogP contribution is 2.36. The van der Waals surface area contributed by atoms with E-state index in [9.17, 15) is 9.59 Å². The van der Waals surface area contributed by atoms with Gasteiger partial charge >= 0.3 is 5.97 Å². The Morgan fingerprint density at radius 3 is 2.40 bits per heavy atom. The molecule has 0 aliphatic carbocycles. The standard InChI is InChI=1S/C30H33ClN2O6S/c1-8-37-29(35)26-18(6)32-30-33(27(26)19-9-11-23(39-17(4)5)24(14-19)36-7)28(34)25(40-30)15-20-13-21(31)10-12-22(20)38-16(2)3/h9-17,27H,8H2,1-7H3. The number of aromatic nitrogens is 1. The molecule has 0 bridgehead atoms. The number of carbonyl (C=O) groups is 1. The minimum atomic E-state index is -0.787. The molecule has 0 radical (unpaired) electrons. The maximum absolute atomic E-state index is 14.0. The third-order valence-corrected chi connectivity index (χ3v) is 7.22. The van der Waals surface area contributed by atoms with Crippen molar-refractivity contribution in [1.29, 1.82) is 0 Å². The second-order valence-electron chi connectivity index (χ2n) is 9.73. The normalized spacial score (nSPS) is 15.2. The highest BCUT2D eigenvalue weighted by atomic mass is 35.5. The molecular formula is C30H33ClN2O6S. The highest BCUT2D eigenvalue weighted by molar-refractivity contribution is 7.07. The molecule has 1 unspecified atom stereocenters. The van der Waals surface area contributed by atoms with Crippen LogP contribution in [0.25, 0.3) is 6.08 Å². The highest BCUT2D eigenvalue weighted by Gasteiger charge is 2.34. The number of benzene rings is 2. The number of hydrogen-bond acceptors (Lipinski definition) is 8. The van der Waals surface area contributed by atoms with Gasteiger partial charge in [-0.3, -0.25) is 9.36 Å². The molecule has 4 rings (SSSR count). The van der Waals surface area contributed by atoms with Gasteiger partial charge < -0.3 is 18.9 Å². The van der Waals surface area contributed by atoms with Crippen molar-refractivity contribution in [2.45, 2.75) is 59.8 Å². The van der Waals surface area contributed by atoms with Gasteiger partial charge in [0, 0.05) is 10.6 Å². The van der Waals surface area contributed by atoms with Crippen LogP contribution in [0.5, 0.6) is 17.2 Å². The smallest absolute Gasteiger partial charge is 0.338 e. The molecule has 3 aromatic rings. The molecule has 1 aliphatic heterocycles. The molecule has 2 aromatic carbocycles. The Balaban J connectivity index is 1.95. The van der Waals surface area contributed by atoms with E-state index in [4.69, 9.17) is 30.5 Å². The van der Waals surface area contributed by atoms with Crippen molar-refractivity contribution in [1.82, 2.24) is 4.57 Å². The van der Waals surface area contributed by atoms with Gasteiger partial charge in [0.2, 0.25) is 0 Å². The monoisotopic (exact) mass is 584 g/mol. The third-order valence-electron chi connectivity index (χ3n) is 6.00. The van der Waals surface area contributed by atoms with Crippen molar-refractivity contribution in [3.8, 4) is 17.2 Å². The van der Waals surface area contributed by atoms with Gasteiger partial charge in [-0.2, -0.15) is 0 Å². The molecule has 8 nitrogen and oxygen atoms in total. The minimum absolute atomic E-state index is 0.0642. The van der Waals surface area contributed by atoms with E-state index in [-0.39, 0.29) is 29.9 Å². The van der Waals surface area contributed by atoms with Gasteiger partial charge in [-0.15, -0.1) is 0 Å². The molecule has 2 heterocycles. The Morgan fingerprint density at radius 1 is 1.07 bits per heavy atom. The van der Waals surface area contributed by atoms with Crippen molar-refractivity contribution in [3.05, 3.63) is 83.5 Å². The summed E-state index contributed by atoms with van der Waals surface area (Å²) in [6, 6.07) is 9.88. The zero-order valence-electron chi connectivity index (χ0n) is 23.6. The van der Waals surface area contributed by atoms with Gasteiger partial charge in [0.15, 0.2) is 16.3 Å². The number of carbonyl (C=O) groups excluding carboxylic acids is 1. The first-order valence-corrected chi connectivity index (χ1v) is 14.2. The Morgan fingerprint density at radius 2 is 1.75 bits per heavy atom. The molecule has 40 heavy (non-hydrogen) atoms. The van der Waals surface area contributed by atoms with Crippen LogP contribution in [0, 0.1) is 0 Å². The summed E-state index contributed by atoms with van der Waals surface area (Å²) in [5.74, 6) is 1.12. The fraction of sp³-hybridized carbons (Fsp3) is 0.367. The third kappa shape index (κ3) is 6.10. The summed E-state index contributed by atoms with van der Waals surface area (Å²) in [6.45, 7) is 11.4. The molecule has 0 spiro atoms.